The lowest BCUT2D eigenvalue weighted by Crippen LogP contribution is -2.16. The van der Waals surface area contributed by atoms with Crippen molar-refractivity contribution < 1.29 is 14.6 Å². The summed E-state index contributed by atoms with van der Waals surface area (Å²) in [7, 11) is 3.18. The number of nitrogens with one attached hydrogen (secondary N) is 1. The first-order chi connectivity index (χ1) is 13.2. The maximum absolute atomic E-state index is 10.6. The SMILES string of the molecule is COc1ccc(OC)c([C@H](O)CSc2nc3n(n2)CNc2ccccc2-3)c1. The Kier molecular flexibility index (Phi) is 4.91. The van der Waals surface area contributed by atoms with Crippen LogP contribution in [0.3, 0.4) is 0 Å². The molecule has 1 aromatic heterocycles. The molecule has 0 bridgehead atoms. The second-order valence-corrected chi connectivity index (χ2v) is 7.02. The van der Waals surface area contributed by atoms with Crippen LogP contribution in [0.2, 0.25) is 0 Å². The molecule has 0 saturated heterocycles. The van der Waals surface area contributed by atoms with Gasteiger partial charge >= 0.3 is 0 Å². The van der Waals surface area contributed by atoms with Crippen LogP contribution < -0.4 is 14.8 Å². The highest BCUT2D eigenvalue weighted by Gasteiger charge is 2.21. The molecule has 140 valence electrons. The molecular formula is C19H20N4O3S. The third-order valence-electron chi connectivity index (χ3n) is 4.41. The molecule has 7 nitrogen and oxygen atoms in total. The number of anilines is 1. The Balaban J connectivity index is 1.51. The third kappa shape index (κ3) is 3.45. The minimum absolute atomic E-state index is 0.405. The minimum Gasteiger partial charge on any atom is -0.497 e. The first-order valence-corrected chi connectivity index (χ1v) is 9.49. The van der Waals surface area contributed by atoms with E-state index >= 15 is 0 Å². The molecule has 1 aliphatic rings. The summed E-state index contributed by atoms with van der Waals surface area (Å²) in [6, 6.07) is 13.4. The molecule has 2 N–H and O–H groups in total. The monoisotopic (exact) mass is 384 g/mol. The van der Waals surface area contributed by atoms with E-state index in [9.17, 15) is 5.11 Å². The predicted molar refractivity (Wildman–Crippen MR) is 104 cm³/mol. The van der Waals surface area contributed by atoms with Crippen LogP contribution in [0.25, 0.3) is 11.4 Å². The number of thioether (sulfide) groups is 1. The average molecular weight is 384 g/mol. The Hall–Kier alpha value is -2.71. The molecule has 8 heteroatoms. The summed E-state index contributed by atoms with van der Waals surface area (Å²) in [6.45, 7) is 0.576. The lowest BCUT2D eigenvalue weighted by molar-refractivity contribution is 0.198. The van der Waals surface area contributed by atoms with E-state index in [1.807, 2.05) is 28.9 Å². The first kappa shape index (κ1) is 17.7. The number of benzene rings is 2. The van der Waals surface area contributed by atoms with Crippen LogP contribution in [0.5, 0.6) is 11.5 Å². The number of rotatable bonds is 6. The van der Waals surface area contributed by atoms with Gasteiger partial charge in [0.05, 0.1) is 20.3 Å². The minimum atomic E-state index is -0.731. The number of nitrogens with zero attached hydrogens (tertiary/aromatic N) is 3. The van der Waals surface area contributed by atoms with Gasteiger partial charge in [-0.15, -0.1) is 5.10 Å². The summed E-state index contributed by atoms with van der Waals surface area (Å²) in [4.78, 5) is 4.64. The summed E-state index contributed by atoms with van der Waals surface area (Å²) in [6.07, 6.45) is -0.731. The molecule has 0 aliphatic carbocycles. The standard InChI is InChI=1S/C19H20N4O3S/c1-25-12-7-8-17(26-2)14(9-12)16(24)10-27-19-21-18-13-5-3-4-6-15(13)20-11-23(18)22-19/h3-9,16,20,24H,10-11H2,1-2H3/t16-/m1/s1. The number of aliphatic hydroxyl groups excluding tert-OH is 1. The Bertz CT molecular complexity index is 960. The summed E-state index contributed by atoms with van der Waals surface area (Å²) in [5.41, 5.74) is 2.76. The van der Waals surface area contributed by atoms with Crippen molar-refractivity contribution in [3.8, 4) is 22.9 Å². The normalized spacial score (nSPS) is 13.3. The van der Waals surface area contributed by atoms with Crippen molar-refractivity contribution in [1.29, 1.82) is 0 Å². The van der Waals surface area contributed by atoms with Crippen LogP contribution in [0.1, 0.15) is 11.7 Å². The molecule has 2 heterocycles. The Morgan fingerprint density at radius 3 is 2.89 bits per heavy atom. The van der Waals surface area contributed by atoms with Crippen LogP contribution >= 0.6 is 11.8 Å². The van der Waals surface area contributed by atoms with Crippen LogP contribution in [0, 0.1) is 0 Å². The predicted octanol–water partition coefficient (Wildman–Crippen LogP) is 3.17. The van der Waals surface area contributed by atoms with Crippen molar-refractivity contribution in [3.63, 3.8) is 0 Å². The molecule has 0 radical (unpaired) electrons. The van der Waals surface area contributed by atoms with Gasteiger partial charge in [0.25, 0.3) is 0 Å². The second kappa shape index (κ2) is 7.50. The molecule has 1 aliphatic heterocycles. The Morgan fingerprint density at radius 1 is 1.22 bits per heavy atom. The molecule has 3 aromatic rings. The van der Waals surface area contributed by atoms with Gasteiger partial charge in [0.1, 0.15) is 18.2 Å². The van der Waals surface area contributed by atoms with Crippen LogP contribution in [-0.2, 0) is 6.67 Å². The van der Waals surface area contributed by atoms with Crippen molar-refractivity contribution in [2.75, 3.05) is 25.3 Å². The van der Waals surface area contributed by atoms with E-state index < -0.39 is 6.10 Å². The highest BCUT2D eigenvalue weighted by molar-refractivity contribution is 7.99. The van der Waals surface area contributed by atoms with Gasteiger partial charge in [-0.3, -0.25) is 0 Å². The van der Waals surface area contributed by atoms with Crippen molar-refractivity contribution in [1.82, 2.24) is 14.8 Å². The zero-order chi connectivity index (χ0) is 18.8. The van der Waals surface area contributed by atoms with E-state index in [2.05, 4.69) is 15.4 Å². The van der Waals surface area contributed by atoms with E-state index in [4.69, 9.17) is 9.47 Å². The largest absolute Gasteiger partial charge is 0.497 e. The number of para-hydroxylation sites is 1. The van der Waals surface area contributed by atoms with E-state index in [0.717, 1.165) is 17.1 Å². The summed E-state index contributed by atoms with van der Waals surface area (Å²) in [5.74, 6) is 2.54. The summed E-state index contributed by atoms with van der Waals surface area (Å²) >= 11 is 1.41. The third-order valence-corrected chi connectivity index (χ3v) is 5.32. The Morgan fingerprint density at radius 2 is 2.07 bits per heavy atom. The second-order valence-electron chi connectivity index (χ2n) is 6.03. The number of hydrogen-bond acceptors (Lipinski definition) is 7. The first-order valence-electron chi connectivity index (χ1n) is 8.50. The van der Waals surface area contributed by atoms with Gasteiger partial charge in [-0.25, -0.2) is 9.67 Å². The van der Waals surface area contributed by atoms with Gasteiger partial charge in [-0.05, 0) is 30.3 Å². The molecular weight excluding hydrogens is 364 g/mol. The van der Waals surface area contributed by atoms with E-state index in [1.54, 1.807) is 32.4 Å². The smallest absolute Gasteiger partial charge is 0.209 e. The van der Waals surface area contributed by atoms with Crippen molar-refractivity contribution >= 4 is 17.4 Å². The molecule has 0 unspecified atom stereocenters. The number of aromatic nitrogens is 3. The van der Waals surface area contributed by atoms with Gasteiger partial charge < -0.3 is 19.9 Å². The lowest BCUT2D eigenvalue weighted by Gasteiger charge is -2.17. The maximum atomic E-state index is 10.6. The summed E-state index contributed by atoms with van der Waals surface area (Å²) in [5, 5.41) is 19.1. The Labute approximate surface area is 161 Å². The van der Waals surface area contributed by atoms with Crippen LogP contribution in [0.4, 0.5) is 5.69 Å². The van der Waals surface area contributed by atoms with Crippen molar-refractivity contribution in [3.05, 3.63) is 48.0 Å². The van der Waals surface area contributed by atoms with Gasteiger partial charge in [0.15, 0.2) is 5.82 Å². The van der Waals surface area contributed by atoms with E-state index in [1.165, 1.54) is 11.8 Å². The van der Waals surface area contributed by atoms with Gasteiger partial charge in [0, 0.05) is 22.6 Å². The van der Waals surface area contributed by atoms with Gasteiger partial charge in [-0.1, -0.05) is 23.9 Å². The molecule has 0 spiro atoms. The average Bonchev–Trinajstić information content (AvgIpc) is 3.15. The summed E-state index contributed by atoms with van der Waals surface area (Å²) < 4.78 is 12.4. The van der Waals surface area contributed by atoms with Gasteiger partial charge in [-0.2, -0.15) is 0 Å². The molecule has 27 heavy (non-hydrogen) atoms. The fourth-order valence-electron chi connectivity index (χ4n) is 3.03. The molecule has 0 fully saturated rings. The van der Waals surface area contributed by atoms with Gasteiger partial charge in [0.2, 0.25) is 5.16 Å². The molecule has 0 amide bonds. The molecule has 2 aromatic carbocycles. The number of fused-ring (bicyclic) bond motifs is 3. The number of methoxy groups -OCH3 is 2. The van der Waals surface area contributed by atoms with Crippen LogP contribution in [-0.4, -0.2) is 39.8 Å². The lowest BCUT2D eigenvalue weighted by atomic mass is 10.1. The number of aliphatic hydroxyl groups is 1. The quantitative estimate of drug-likeness (QED) is 0.632. The topological polar surface area (TPSA) is 81.4 Å². The van der Waals surface area contributed by atoms with Crippen molar-refractivity contribution in [2.24, 2.45) is 0 Å². The fourth-order valence-corrected chi connectivity index (χ4v) is 3.82. The molecule has 1 atom stereocenters. The van der Waals surface area contributed by atoms with Crippen LogP contribution in [0.15, 0.2) is 47.6 Å². The highest BCUT2D eigenvalue weighted by atomic mass is 32.2. The molecule has 0 saturated carbocycles. The zero-order valence-corrected chi connectivity index (χ0v) is 15.9. The molecule has 4 rings (SSSR count). The van der Waals surface area contributed by atoms with E-state index in [0.29, 0.717) is 34.6 Å². The maximum Gasteiger partial charge on any atom is 0.209 e. The fraction of sp³-hybridized carbons (Fsp3) is 0.263. The zero-order valence-electron chi connectivity index (χ0n) is 15.0. The van der Waals surface area contributed by atoms with Crippen molar-refractivity contribution in [2.45, 2.75) is 17.9 Å². The van der Waals surface area contributed by atoms with E-state index in [-0.39, 0.29) is 0 Å². The highest BCUT2D eigenvalue weighted by Crippen LogP contribution is 2.34. The number of ether oxygens (including phenoxy) is 2. The number of hydrogen-bond donors (Lipinski definition) is 2.